The maximum Gasteiger partial charge on any atom is 0.212 e. The molecule has 126 valence electrons. The van der Waals surface area contributed by atoms with E-state index in [0.29, 0.717) is 6.42 Å². The van der Waals surface area contributed by atoms with E-state index >= 15 is 0 Å². The van der Waals surface area contributed by atoms with E-state index in [1.807, 2.05) is 24.3 Å². The van der Waals surface area contributed by atoms with Gasteiger partial charge in [0.1, 0.15) is 0 Å². The van der Waals surface area contributed by atoms with Gasteiger partial charge in [-0.25, -0.2) is 13.6 Å². The lowest BCUT2D eigenvalue weighted by Gasteiger charge is -2.42. The van der Waals surface area contributed by atoms with Crippen LogP contribution in [0, 0.1) is 11.8 Å². The van der Waals surface area contributed by atoms with E-state index < -0.39 is 15.3 Å². The first kappa shape index (κ1) is 16.5. The Bertz CT molecular complexity index is 812. The van der Waals surface area contributed by atoms with E-state index in [1.54, 1.807) is 0 Å². The molecule has 1 saturated carbocycles. The van der Waals surface area contributed by atoms with Crippen molar-refractivity contribution in [1.29, 1.82) is 0 Å². The molecule has 0 saturated heterocycles. The minimum absolute atomic E-state index is 0.0937. The van der Waals surface area contributed by atoms with E-state index in [9.17, 15) is 8.42 Å². The fourth-order valence-corrected chi connectivity index (χ4v) is 5.57. The van der Waals surface area contributed by atoms with Gasteiger partial charge in [-0.15, -0.1) is 0 Å². The number of hydrogen-bond donors (Lipinski definition) is 1. The molecule has 3 unspecified atom stereocenters. The first-order valence-corrected chi connectivity index (χ1v) is 9.70. The minimum Gasteiger partial charge on any atom is -0.356 e. The van der Waals surface area contributed by atoms with Crippen LogP contribution in [0.4, 0.5) is 0 Å². The highest BCUT2D eigenvalue weighted by molar-refractivity contribution is 7.89. The largest absolute Gasteiger partial charge is 0.356 e. The molecule has 0 aliphatic heterocycles. The van der Waals surface area contributed by atoms with Crippen LogP contribution in [-0.2, 0) is 15.4 Å². The van der Waals surface area contributed by atoms with Crippen molar-refractivity contribution in [3.05, 3.63) is 30.0 Å². The summed E-state index contributed by atoms with van der Waals surface area (Å²) in [4.78, 5) is 0. The van der Waals surface area contributed by atoms with Crippen molar-refractivity contribution in [2.24, 2.45) is 17.0 Å². The molecule has 2 aromatic rings. The van der Waals surface area contributed by atoms with Crippen molar-refractivity contribution >= 4 is 21.0 Å². The molecule has 0 spiro atoms. The van der Waals surface area contributed by atoms with Crippen molar-refractivity contribution in [3.8, 4) is 0 Å². The lowest BCUT2D eigenvalue weighted by Crippen LogP contribution is -2.46. The highest BCUT2D eigenvalue weighted by Crippen LogP contribution is 2.46. The van der Waals surface area contributed by atoms with Crippen molar-refractivity contribution in [2.75, 3.05) is 0 Å². The predicted octanol–water partition coefficient (Wildman–Crippen LogP) is 3.20. The highest BCUT2D eigenvalue weighted by Gasteiger charge is 2.46. The number of nitrogens with two attached hydrogens (primary N) is 1. The van der Waals surface area contributed by atoms with E-state index in [1.165, 1.54) is 0 Å². The van der Waals surface area contributed by atoms with Gasteiger partial charge in [0.15, 0.2) is 5.58 Å². The van der Waals surface area contributed by atoms with Gasteiger partial charge in [-0.1, -0.05) is 38.1 Å². The molecule has 3 rings (SSSR count). The Labute approximate surface area is 137 Å². The highest BCUT2D eigenvalue weighted by atomic mass is 32.2. The third kappa shape index (κ3) is 2.90. The van der Waals surface area contributed by atoms with Crippen LogP contribution in [0.25, 0.3) is 11.0 Å². The molecule has 0 radical (unpaired) electrons. The van der Waals surface area contributed by atoms with Crippen molar-refractivity contribution in [3.63, 3.8) is 0 Å². The van der Waals surface area contributed by atoms with E-state index in [-0.39, 0.29) is 17.3 Å². The average Bonchev–Trinajstić information content (AvgIpc) is 2.90. The first-order chi connectivity index (χ1) is 10.7. The standard InChI is InChI=1S/C17H24N2O3S/c1-11(2)12-8-9-17(3,10-15(12)23(18,20)21)16-13-6-4-5-7-14(13)22-19-16/h4-7,11-12,15H,8-10H2,1-3H3,(H2,18,20,21). The molecule has 5 nitrogen and oxygen atoms in total. The summed E-state index contributed by atoms with van der Waals surface area (Å²) in [6, 6.07) is 7.71. The van der Waals surface area contributed by atoms with Crippen molar-refractivity contribution in [1.82, 2.24) is 5.16 Å². The topological polar surface area (TPSA) is 86.2 Å². The summed E-state index contributed by atoms with van der Waals surface area (Å²) in [5.74, 6) is 0.383. The molecule has 1 aliphatic carbocycles. The number of primary sulfonamides is 1. The summed E-state index contributed by atoms with van der Waals surface area (Å²) in [6.07, 6.45) is 2.21. The van der Waals surface area contributed by atoms with Crippen LogP contribution in [0.1, 0.15) is 45.7 Å². The summed E-state index contributed by atoms with van der Waals surface area (Å²) in [6.45, 7) is 6.21. The predicted molar refractivity (Wildman–Crippen MR) is 90.4 cm³/mol. The Balaban J connectivity index is 2.03. The number of benzene rings is 1. The lowest BCUT2D eigenvalue weighted by atomic mass is 9.66. The molecular weight excluding hydrogens is 312 g/mol. The minimum atomic E-state index is -3.59. The Morgan fingerprint density at radius 2 is 2.04 bits per heavy atom. The molecule has 1 heterocycles. The number of rotatable bonds is 3. The normalized spacial score (nSPS) is 29.3. The van der Waals surface area contributed by atoms with Gasteiger partial charge >= 0.3 is 0 Å². The molecule has 0 bridgehead atoms. The van der Waals surface area contributed by atoms with Crippen molar-refractivity contribution in [2.45, 2.75) is 50.7 Å². The molecule has 23 heavy (non-hydrogen) atoms. The summed E-state index contributed by atoms with van der Waals surface area (Å²) in [5, 5.41) is 10.3. The van der Waals surface area contributed by atoms with Crippen LogP contribution >= 0.6 is 0 Å². The van der Waals surface area contributed by atoms with Crippen LogP contribution < -0.4 is 5.14 Å². The van der Waals surface area contributed by atoms with E-state index in [0.717, 1.165) is 29.5 Å². The number of sulfonamides is 1. The monoisotopic (exact) mass is 336 g/mol. The summed E-state index contributed by atoms with van der Waals surface area (Å²) < 4.78 is 29.7. The average molecular weight is 336 g/mol. The van der Waals surface area contributed by atoms with E-state index in [4.69, 9.17) is 9.66 Å². The van der Waals surface area contributed by atoms with Crippen LogP contribution in [0.2, 0.25) is 0 Å². The SMILES string of the molecule is CC(C)C1CCC(C)(c2noc3ccccc23)CC1S(N)(=O)=O. The molecule has 6 heteroatoms. The fraction of sp³-hybridized carbons (Fsp3) is 0.588. The van der Waals surface area contributed by atoms with Gasteiger partial charge in [0, 0.05) is 10.8 Å². The number of fused-ring (bicyclic) bond motifs is 1. The quantitative estimate of drug-likeness (QED) is 0.932. The molecule has 3 atom stereocenters. The molecular formula is C17H24N2O3S. The third-order valence-corrected chi connectivity index (χ3v) is 6.75. The van der Waals surface area contributed by atoms with Gasteiger partial charge in [0.2, 0.25) is 10.0 Å². The Morgan fingerprint density at radius 3 is 2.70 bits per heavy atom. The Hall–Kier alpha value is -1.40. The maximum absolute atomic E-state index is 12.2. The zero-order valence-corrected chi connectivity index (χ0v) is 14.6. The van der Waals surface area contributed by atoms with Gasteiger partial charge in [0.25, 0.3) is 0 Å². The van der Waals surface area contributed by atoms with Gasteiger partial charge in [0.05, 0.1) is 10.9 Å². The van der Waals surface area contributed by atoms with Crippen LogP contribution in [-0.4, -0.2) is 18.8 Å². The first-order valence-electron chi connectivity index (χ1n) is 8.09. The smallest absolute Gasteiger partial charge is 0.212 e. The van der Waals surface area contributed by atoms with E-state index in [2.05, 4.69) is 25.9 Å². The fourth-order valence-electron chi connectivity index (χ4n) is 4.03. The van der Waals surface area contributed by atoms with Crippen molar-refractivity contribution < 1.29 is 12.9 Å². The molecule has 0 amide bonds. The number of para-hydroxylation sites is 1. The zero-order valence-electron chi connectivity index (χ0n) is 13.8. The van der Waals surface area contributed by atoms with Gasteiger partial charge in [-0.05, 0) is 43.2 Å². The van der Waals surface area contributed by atoms with Gasteiger partial charge in [-0.2, -0.15) is 0 Å². The van der Waals surface area contributed by atoms with Gasteiger partial charge < -0.3 is 4.52 Å². The number of nitrogens with zero attached hydrogens (tertiary/aromatic N) is 1. The number of aromatic nitrogens is 1. The maximum atomic E-state index is 12.2. The molecule has 1 aromatic heterocycles. The summed E-state index contributed by atoms with van der Waals surface area (Å²) in [7, 11) is -3.59. The second-order valence-electron chi connectivity index (χ2n) is 7.37. The third-order valence-electron chi connectivity index (χ3n) is 5.39. The zero-order chi connectivity index (χ0) is 16.8. The number of hydrogen-bond acceptors (Lipinski definition) is 4. The van der Waals surface area contributed by atoms with Crippen LogP contribution in [0.15, 0.2) is 28.8 Å². The molecule has 1 fully saturated rings. The van der Waals surface area contributed by atoms with Gasteiger partial charge in [-0.3, -0.25) is 0 Å². The second-order valence-corrected chi connectivity index (χ2v) is 9.15. The van der Waals surface area contributed by atoms with Crippen LogP contribution in [0.3, 0.4) is 0 Å². The lowest BCUT2D eigenvalue weighted by molar-refractivity contribution is 0.201. The second kappa shape index (κ2) is 5.60. The molecule has 1 aromatic carbocycles. The molecule has 2 N–H and O–H groups in total. The summed E-state index contributed by atoms with van der Waals surface area (Å²) in [5.41, 5.74) is 1.25. The van der Waals surface area contributed by atoms with Crippen LogP contribution in [0.5, 0.6) is 0 Å². The summed E-state index contributed by atoms with van der Waals surface area (Å²) >= 11 is 0. The molecule has 1 aliphatic rings. The Kier molecular flexibility index (Phi) is 4.01. The Morgan fingerprint density at radius 1 is 1.35 bits per heavy atom.